The van der Waals surface area contributed by atoms with Gasteiger partial charge in [0.05, 0.1) is 0 Å². The van der Waals surface area contributed by atoms with E-state index in [1.54, 1.807) is 18.2 Å². The second-order valence-electron chi connectivity index (χ2n) is 3.58. The first-order chi connectivity index (χ1) is 8.46. The quantitative estimate of drug-likeness (QED) is 0.645. The molecule has 2 N–H and O–H groups in total. The third-order valence-corrected chi connectivity index (χ3v) is 3.22. The van der Waals surface area contributed by atoms with Crippen LogP contribution >= 0.6 is 23.8 Å². The Morgan fingerprint density at radius 1 is 1.00 bits per heavy atom. The zero-order valence-corrected chi connectivity index (χ0v) is 11.6. The van der Waals surface area contributed by atoms with Crippen molar-refractivity contribution in [3.8, 4) is 16.9 Å². The number of phosphoric ester groups is 1. The average molecular weight is 369 g/mol. The Bertz CT molecular complexity index is 597. The molecule has 2 rings (SSSR count). The van der Waals surface area contributed by atoms with E-state index >= 15 is 0 Å². The van der Waals surface area contributed by atoms with E-state index in [4.69, 9.17) is 9.79 Å². The van der Waals surface area contributed by atoms with Crippen molar-refractivity contribution in [2.45, 2.75) is 0 Å². The van der Waals surface area contributed by atoms with Crippen molar-refractivity contribution in [3.63, 3.8) is 0 Å². The number of rotatable bonds is 3. The van der Waals surface area contributed by atoms with Crippen molar-refractivity contribution in [1.29, 1.82) is 0 Å². The van der Waals surface area contributed by atoms with Gasteiger partial charge in [0.15, 0.2) is 0 Å². The second kappa shape index (κ2) is 7.50. The molecule has 0 aliphatic heterocycles. The third-order valence-electron chi connectivity index (χ3n) is 2.26. The predicted octanol–water partition coefficient (Wildman–Crippen LogP) is 2.94. The molecule has 2 aromatic rings. The molecule has 0 aromatic heterocycles. The molecule has 0 saturated carbocycles. The SMILES string of the molecule is O=P(O)(O)Oc1ccccc1-c1ccc(Br)cc1.[KH]. The number of para-hydroxylation sites is 1. The topological polar surface area (TPSA) is 66.8 Å². The molecule has 0 bridgehead atoms. The van der Waals surface area contributed by atoms with Crippen LogP contribution in [0.4, 0.5) is 0 Å². The molecule has 7 heteroatoms. The van der Waals surface area contributed by atoms with E-state index in [0.717, 1.165) is 10.0 Å². The maximum atomic E-state index is 10.9. The van der Waals surface area contributed by atoms with Crippen molar-refractivity contribution in [2.75, 3.05) is 0 Å². The summed E-state index contributed by atoms with van der Waals surface area (Å²) in [7, 11) is -4.55. The molecule has 4 nitrogen and oxygen atoms in total. The molecule has 0 spiro atoms. The average Bonchev–Trinajstić information content (AvgIpc) is 2.29. The molecule has 2 aromatic carbocycles. The van der Waals surface area contributed by atoms with E-state index in [1.807, 2.05) is 24.3 Å². The van der Waals surface area contributed by atoms with E-state index in [9.17, 15) is 4.57 Å². The Morgan fingerprint density at radius 3 is 2.16 bits per heavy atom. The molecular weight excluding hydrogens is 358 g/mol. The molecule has 19 heavy (non-hydrogen) atoms. The van der Waals surface area contributed by atoms with Crippen molar-refractivity contribution in [2.24, 2.45) is 0 Å². The van der Waals surface area contributed by atoms with E-state index in [-0.39, 0.29) is 57.1 Å². The summed E-state index contributed by atoms with van der Waals surface area (Å²) in [5.74, 6) is 0.160. The van der Waals surface area contributed by atoms with Crippen LogP contribution in [0, 0.1) is 0 Å². The zero-order chi connectivity index (χ0) is 13.2. The van der Waals surface area contributed by atoms with Gasteiger partial charge in [-0.2, -0.15) is 0 Å². The van der Waals surface area contributed by atoms with Gasteiger partial charge in [-0.3, -0.25) is 9.79 Å². The van der Waals surface area contributed by atoms with E-state index < -0.39 is 7.82 Å². The summed E-state index contributed by atoms with van der Waals surface area (Å²) < 4.78 is 16.5. The van der Waals surface area contributed by atoms with Crippen LogP contribution < -0.4 is 4.52 Å². The molecule has 0 aliphatic rings. The Hall–Kier alpha value is 0.506. The molecule has 0 heterocycles. The molecule has 0 aliphatic carbocycles. The fraction of sp³-hybridized carbons (Fsp3) is 0. The summed E-state index contributed by atoms with van der Waals surface area (Å²) in [4.78, 5) is 17.7. The number of hydrogen-bond acceptors (Lipinski definition) is 2. The van der Waals surface area contributed by atoms with Crippen molar-refractivity contribution < 1.29 is 18.9 Å². The minimum absolute atomic E-state index is 0. The molecule has 96 valence electrons. The Morgan fingerprint density at radius 2 is 1.58 bits per heavy atom. The van der Waals surface area contributed by atoms with Gasteiger partial charge in [-0.25, -0.2) is 4.57 Å². The van der Waals surface area contributed by atoms with Gasteiger partial charge < -0.3 is 4.52 Å². The number of phosphoric acid groups is 1. The molecular formula is C12H11BrKO4P. The Labute approximate surface area is 162 Å². The second-order valence-corrected chi connectivity index (χ2v) is 5.66. The van der Waals surface area contributed by atoms with E-state index in [2.05, 4.69) is 20.5 Å². The van der Waals surface area contributed by atoms with E-state index in [1.165, 1.54) is 6.07 Å². The molecule has 0 amide bonds. The zero-order valence-electron chi connectivity index (χ0n) is 9.15. The van der Waals surface area contributed by atoms with Crippen molar-refractivity contribution in [3.05, 3.63) is 53.0 Å². The summed E-state index contributed by atoms with van der Waals surface area (Å²) in [5.41, 5.74) is 1.45. The first-order valence-corrected chi connectivity index (χ1v) is 7.38. The van der Waals surface area contributed by atoms with Crippen LogP contribution in [0.15, 0.2) is 53.0 Å². The summed E-state index contributed by atoms with van der Waals surface area (Å²) in [6.07, 6.45) is 0. The number of benzene rings is 2. The standard InChI is InChI=1S/C12H10BrO4P.K.H/c13-10-7-5-9(6-8-10)11-3-1-2-4-12(11)17-18(14,15)16;;/h1-8H,(H2,14,15,16);;. The van der Waals surface area contributed by atoms with Gasteiger partial charge in [-0.1, -0.05) is 46.3 Å². The van der Waals surface area contributed by atoms with Gasteiger partial charge in [0.2, 0.25) is 0 Å². The summed E-state index contributed by atoms with van der Waals surface area (Å²) in [5, 5.41) is 0. The van der Waals surface area contributed by atoms with Gasteiger partial charge in [-0.15, -0.1) is 0 Å². The number of halogens is 1. The van der Waals surface area contributed by atoms with Crippen LogP contribution in [0.2, 0.25) is 0 Å². The first kappa shape index (κ1) is 17.6. The summed E-state index contributed by atoms with van der Waals surface area (Å²) in [6.45, 7) is 0. The molecule has 0 atom stereocenters. The molecule has 0 radical (unpaired) electrons. The fourth-order valence-electron chi connectivity index (χ4n) is 1.54. The van der Waals surface area contributed by atoms with Gasteiger partial charge in [-0.05, 0) is 23.8 Å². The van der Waals surface area contributed by atoms with Gasteiger partial charge in [0.25, 0.3) is 0 Å². The minimum atomic E-state index is -4.55. The molecule has 0 unspecified atom stereocenters. The summed E-state index contributed by atoms with van der Waals surface area (Å²) in [6, 6.07) is 14.1. The van der Waals surface area contributed by atoms with Crippen LogP contribution in [0.25, 0.3) is 11.1 Å². The predicted molar refractivity (Wildman–Crippen MR) is 79.4 cm³/mol. The molecule has 0 saturated heterocycles. The first-order valence-electron chi connectivity index (χ1n) is 5.06. The molecule has 0 fully saturated rings. The van der Waals surface area contributed by atoms with Gasteiger partial charge in [0.1, 0.15) is 5.75 Å². The van der Waals surface area contributed by atoms with Gasteiger partial charge >= 0.3 is 59.2 Å². The fourth-order valence-corrected chi connectivity index (χ4v) is 2.22. The monoisotopic (exact) mass is 368 g/mol. The van der Waals surface area contributed by atoms with Crippen LogP contribution in [-0.2, 0) is 4.57 Å². The van der Waals surface area contributed by atoms with Crippen LogP contribution in [-0.4, -0.2) is 61.2 Å². The Balaban J connectivity index is 0.00000180. The Kier molecular flexibility index (Phi) is 6.93. The number of hydrogen-bond donors (Lipinski definition) is 2. The third kappa shape index (κ3) is 5.42. The maximum absolute atomic E-state index is 10.9. The van der Waals surface area contributed by atoms with Gasteiger partial charge in [0, 0.05) is 10.0 Å². The van der Waals surface area contributed by atoms with Crippen molar-refractivity contribution >= 4 is 75.1 Å². The van der Waals surface area contributed by atoms with E-state index in [0.29, 0.717) is 5.56 Å². The van der Waals surface area contributed by atoms with Crippen molar-refractivity contribution in [1.82, 2.24) is 0 Å². The summed E-state index contributed by atoms with van der Waals surface area (Å²) >= 11 is 3.33. The van der Waals surface area contributed by atoms with Crippen LogP contribution in [0.5, 0.6) is 5.75 Å². The normalized spacial score (nSPS) is 10.7. The van der Waals surface area contributed by atoms with Crippen LogP contribution in [0.1, 0.15) is 0 Å². The van der Waals surface area contributed by atoms with Crippen LogP contribution in [0.3, 0.4) is 0 Å².